The second kappa shape index (κ2) is 9.49. The van der Waals surface area contributed by atoms with Gasteiger partial charge in [-0.3, -0.25) is 10.1 Å². The normalized spacial score (nSPS) is 9.85. The molecule has 0 aromatic heterocycles. The van der Waals surface area contributed by atoms with Gasteiger partial charge in [-0.1, -0.05) is 6.58 Å². The number of thiocarbonyl (C=S) groups is 1. The maximum absolute atomic E-state index is 12.2. The van der Waals surface area contributed by atoms with Gasteiger partial charge >= 0.3 is 5.97 Å². The van der Waals surface area contributed by atoms with Gasteiger partial charge in [0.2, 0.25) is 0 Å². The van der Waals surface area contributed by atoms with E-state index in [-0.39, 0.29) is 11.0 Å². The minimum Gasteiger partial charge on any atom is -0.489 e. The highest BCUT2D eigenvalue weighted by molar-refractivity contribution is 7.80. The van der Waals surface area contributed by atoms with Crippen molar-refractivity contribution in [1.82, 2.24) is 5.32 Å². The minimum absolute atomic E-state index is 0.160. The number of methoxy groups -OCH3 is 1. The molecule has 2 rings (SSSR count). The zero-order valence-electron chi connectivity index (χ0n) is 15.1. The summed E-state index contributed by atoms with van der Waals surface area (Å²) in [5.41, 5.74) is 2.38. The number of rotatable bonds is 6. The van der Waals surface area contributed by atoms with E-state index in [2.05, 4.69) is 21.9 Å². The molecule has 1 amide bonds. The van der Waals surface area contributed by atoms with E-state index in [1.807, 2.05) is 6.92 Å². The van der Waals surface area contributed by atoms with Crippen LogP contribution in [-0.2, 0) is 4.74 Å². The summed E-state index contributed by atoms with van der Waals surface area (Å²) in [6.07, 6.45) is 0. The molecule has 2 N–H and O–H groups in total. The molecular formula is C20H20N2O4S. The molecule has 0 atom stereocenters. The van der Waals surface area contributed by atoms with Gasteiger partial charge in [-0.15, -0.1) is 0 Å². The SMILES string of the molecule is C=C(C)COc1ccc(NC(=S)NC(=O)c2ccc(C(=O)OC)cc2)cc1. The molecule has 0 spiro atoms. The van der Waals surface area contributed by atoms with Crippen molar-refractivity contribution in [2.24, 2.45) is 0 Å². The zero-order chi connectivity index (χ0) is 19.8. The molecule has 0 saturated heterocycles. The average molecular weight is 384 g/mol. The van der Waals surface area contributed by atoms with Crippen molar-refractivity contribution in [3.63, 3.8) is 0 Å². The highest BCUT2D eigenvalue weighted by Gasteiger charge is 2.10. The highest BCUT2D eigenvalue weighted by Crippen LogP contribution is 2.16. The summed E-state index contributed by atoms with van der Waals surface area (Å²) >= 11 is 5.16. The van der Waals surface area contributed by atoms with E-state index in [1.165, 1.54) is 31.4 Å². The zero-order valence-corrected chi connectivity index (χ0v) is 15.9. The molecule has 0 aliphatic rings. The number of ether oxygens (including phenoxy) is 2. The van der Waals surface area contributed by atoms with Crippen molar-refractivity contribution in [3.8, 4) is 5.75 Å². The van der Waals surface area contributed by atoms with Crippen molar-refractivity contribution in [2.75, 3.05) is 19.0 Å². The van der Waals surface area contributed by atoms with Gasteiger partial charge in [-0.05, 0) is 73.2 Å². The predicted molar refractivity (Wildman–Crippen MR) is 108 cm³/mol. The summed E-state index contributed by atoms with van der Waals surface area (Å²) < 4.78 is 10.1. The van der Waals surface area contributed by atoms with Crippen LogP contribution < -0.4 is 15.4 Å². The van der Waals surface area contributed by atoms with E-state index < -0.39 is 5.97 Å². The molecule has 0 radical (unpaired) electrons. The first-order valence-corrected chi connectivity index (χ1v) is 8.48. The number of amides is 1. The van der Waals surface area contributed by atoms with Crippen LogP contribution in [0.25, 0.3) is 0 Å². The second-order valence-corrected chi connectivity index (χ2v) is 6.16. The van der Waals surface area contributed by atoms with Gasteiger partial charge in [0.05, 0.1) is 12.7 Å². The number of nitrogens with one attached hydrogen (secondary N) is 2. The molecule has 2 aromatic carbocycles. The molecule has 2 aromatic rings. The fraction of sp³-hybridized carbons (Fsp3) is 0.150. The number of benzene rings is 2. The van der Waals surface area contributed by atoms with Crippen molar-refractivity contribution in [3.05, 3.63) is 71.8 Å². The first-order valence-electron chi connectivity index (χ1n) is 8.07. The number of hydrogen-bond acceptors (Lipinski definition) is 5. The van der Waals surface area contributed by atoms with Crippen LogP contribution in [-0.4, -0.2) is 30.7 Å². The average Bonchev–Trinajstić information content (AvgIpc) is 2.66. The van der Waals surface area contributed by atoms with Crippen molar-refractivity contribution < 1.29 is 19.1 Å². The van der Waals surface area contributed by atoms with E-state index in [0.29, 0.717) is 29.2 Å². The van der Waals surface area contributed by atoms with Gasteiger partial charge in [0.15, 0.2) is 5.11 Å². The lowest BCUT2D eigenvalue weighted by Crippen LogP contribution is -2.34. The highest BCUT2D eigenvalue weighted by atomic mass is 32.1. The number of hydrogen-bond donors (Lipinski definition) is 2. The van der Waals surface area contributed by atoms with Crippen LogP contribution in [0.15, 0.2) is 60.7 Å². The first kappa shape index (κ1) is 20.1. The van der Waals surface area contributed by atoms with Crippen LogP contribution in [0.1, 0.15) is 27.6 Å². The molecule has 0 bridgehead atoms. The molecule has 0 heterocycles. The Kier molecular flexibility index (Phi) is 7.08. The summed E-state index contributed by atoms with van der Waals surface area (Å²) in [6.45, 7) is 6.12. The monoisotopic (exact) mass is 384 g/mol. The number of carbonyl (C=O) groups excluding carboxylic acids is 2. The van der Waals surface area contributed by atoms with Crippen molar-refractivity contribution in [2.45, 2.75) is 6.92 Å². The Hall–Kier alpha value is -3.19. The topological polar surface area (TPSA) is 76.7 Å². The Balaban J connectivity index is 1.90. The number of anilines is 1. The number of carbonyl (C=O) groups is 2. The van der Waals surface area contributed by atoms with Crippen molar-refractivity contribution >= 4 is 34.9 Å². The molecule has 6 nitrogen and oxygen atoms in total. The van der Waals surface area contributed by atoms with E-state index in [9.17, 15) is 9.59 Å². The molecule has 0 saturated carbocycles. The molecule has 7 heteroatoms. The first-order chi connectivity index (χ1) is 12.9. The Morgan fingerprint density at radius 3 is 2.19 bits per heavy atom. The Labute approximate surface area is 163 Å². The van der Waals surface area contributed by atoms with Crippen LogP contribution >= 0.6 is 12.2 Å². The van der Waals surface area contributed by atoms with E-state index >= 15 is 0 Å². The molecule has 0 aliphatic heterocycles. The third kappa shape index (κ3) is 6.23. The fourth-order valence-corrected chi connectivity index (χ4v) is 2.26. The fourth-order valence-electron chi connectivity index (χ4n) is 2.05. The largest absolute Gasteiger partial charge is 0.489 e. The van der Waals surface area contributed by atoms with Crippen LogP contribution in [0.3, 0.4) is 0 Å². The molecule has 0 fully saturated rings. The molecule has 27 heavy (non-hydrogen) atoms. The predicted octanol–water partition coefficient (Wildman–Crippen LogP) is 3.55. The summed E-state index contributed by atoms with van der Waals surface area (Å²) in [6, 6.07) is 13.2. The van der Waals surface area contributed by atoms with Gasteiger partial charge in [-0.2, -0.15) is 0 Å². The summed E-state index contributed by atoms with van der Waals surface area (Å²) in [4.78, 5) is 23.6. The van der Waals surface area contributed by atoms with Gasteiger partial charge in [-0.25, -0.2) is 4.79 Å². The molecular weight excluding hydrogens is 364 g/mol. The Morgan fingerprint density at radius 1 is 1.04 bits per heavy atom. The van der Waals surface area contributed by atoms with Crippen LogP contribution in [0.5, 0.6) is 5.75 Å². The molecule has 0 unspecified atom stereocenters. The van der Waals surface area contributed by atoms with E-state index in [1.54, 1.807) is 24.3 Å². The standard InChI is InChI=1S/C20H20N2O4S/c1-13(2)12-26-17-10-8-16(9-11-17)21-20(27)22-18(23)14-4-6-15(7-5-14)19(24)25-3/h4-11H,1,12H2,2-3H3,(H2,21,22,23,27). The second-order valence-electron chi connectivity index (χ2n) is 5.75. The van der Waals surface area contributed by atoms with Gasteiger partial charge in [0.1, 0.15) is 12.4 Å². The summed E-state index contributed by atoms with van der Waals surface area (Å²) in [5.74, 6) is -0.135. The maximum atomic E-state index is 12.2. The number of esters is 1. The Bertz CT molecular complexity index is 845. The van der Waals surface area contributed by atoms with Gasteiger partial charge in [0.25, 0.3) is 5.91 Å². The molecule has 140 valence electrons. The third-order valence-corrected chi connectivity index (χ3v) is 3.60. The summed E-state index contributed by atoms with van der Waals surface area (Å²) in [5, 5.41) is 5.67. The quantitative estimate of drug-likeness (QED) is 0.451. The Morgan fingerprint density at radius 2 is 1.63 bits per heavy atom. The smallest absolute Gasteiger partial charge is 0.337 e. The third-order valence-electron chi connectivity index (χ3n) is 3.39. The van der Waals surface area contributed by atoms with E-state index in [0.717, 1.165) is 5.57 Å². The maximum Gasteiger partial charge on any atom is 0.337 e. The van der Waals surface area contributed by atoms with Crippen LogP contribution in [0.4, 0.5) is 5.69 Å². The van der Waals surface area contributed by atoms with Crippen LogP contribution in [0.2, 0.25) is 0 Å². The minimum atomic E-state index is -0.463. The lowest BCUT2D eigenvalue weighted by Gasteiger charge is -2.11. The molecule has 0 aliphatic carbocycles. The summed E-state index contributed by atoms with van der Waals surface area (Å²) in [7, 11) is 1.30. The van der Waals surface area contributed by atoms with Gasteiger partial charge < -0.3 is 14.8 Å². The van der Waals surface area contributed by atoms with Gasteiger partial charge in [0, 0.05) is 11.3 Å². The van der Waals surface area contributed by atoms with Crippen molar-refractivity contribution in [1.29, 1.82) is 0 Å². The lowest BCUT2D eigenvalue weighted by molar-refractivity contribution is 0.0600. The lowest BCUT2D eigenvalue weighted by atomic mass is 10.1. The van der Waals surface area contributed by atoms with E-state index in [4.69, 9.17) is 17.0 Å². The van der Waals surface area contributed by atoms with Crippen LogP contribution in [0, 0.1) is 0 Å².